The smallest absolute Gasteiger partial charge is 0.286 e. The molecule has 7 nitrogen and oxygen atoms in total. The lowest BCUT2D eigenvalue weighted by molar-refractivity contribution is 0.102. The van der Waals surface area contributed by atoms with Gasteiger partial charge < -0.3 is 10.2 Å². The SMILES string of the molecule is CN(C)C(=O)Sc1ccccc1NC(=O)c1nn(-c2ccccc2)c(=O)c2ccccc12. The molecule has 1 heterocycles. The number of thioether (sulfide) groups is 1. The summed E-state index contributed by atoms with van der Waals surface area (Å²) in [5.74, 6) is -0.476. The maximum absolute atomic E-state index is 13.3. The molecule has 1 N–H and O–H groups in total. The van der Waals surface area contributed by atoms with E-state index in [1.807, 2.05) is 6.07 Å². The predicted octanol–water partition coefficient (Wildman–Crippen LogP) is 4.41. The molecule has 4 aromatic rings. The Hall–Kier alpha value is -3.91. The van der Waals surface area contributed by atoms with Gasteiger partial charge in [0.15, 0.2) is 5.69 Å². The normalized spacial score (nSPS) is 10.7. The second kappa shape index (κ2) is 9.07. The fourth-order valence-electron chi connectivity index (χ4n) is 3.13. The fraction of sp³-hybridized carbons (Fsp3) is 0.0833. The minimum atomic E-state index is -0.476. The zero-order valence-electron chi connectivity index (χ0n) is 17.5. The van der Waals surface area contributed by atoms with Crippen LogP contribution in [0.1, 0.15) is 10.5 Å². The van der Waals surface area contributed by atoms with Gasteiger partial charge in [-0.25, -0.2) is 0 Å². The minimum Gasteiger partial charge on any atom is -0.339 e. The van der Waals surface area contributed by atoms with Crippen LogP contribution in [0.3, 0.4) is 0 Å². The number of nitrogens with zero attached hydrogens (tertiary/aromatic N) is 3. The van der Waals surface area contributed by atoms with E-state index in [1.54, 1.807) is 86.9 Å². The van der Waals surface area contributed by atoms with Gasteiger partial charge >= 0.3 is 0 Å². The Balaban J connectivity index is 1.78. The molecule has 0 bridgehead atoms. The van der Waals surface area contributed by atoms with Crippen LogP contribution in [0.2, 0.25) is 0 Å². The summed E-state index contributed by atoms with van der Waals surface area (Å²) >= 11 is 1.02. The molecular weight excluding hydrogens is 424 g/mol. The lowest BCUT2D eigenvalue weighted by Crippen LogP contribution is -2.26. The highest BCUT2D eigenvalue weighted by Crippen LogP contribution is 2.29. The molecule has 2 amide bonds. The van der Waals surface area contributed by atoms with Gasteiger partial charge in [-0.15, -0.1) is 0 Å². The summed E-state index contributed by atoms with van der Waals surface area (Å²) in [7, 11) is 3.33. The van der Waals surface area contributed by atoms with Crippen molar-refractivity contribution < 1.29 is 9.59 Å². The summed E-state index contributed by atoms with van der Waals surface area (Å²) < 4.78 is 1.23. The number of aromatic nitrogens is 2. The zero-order valence-corrected chi connectivity index (χ0v) is 18.3. The van der Waals surface area contributed by atoms with E-state index in [-0.39, 0.29) is 16.5 Å². The first-order valence-corrected chi connectivity index (χ1v) is 10.6. The van der Waals surface area contributed by atoms with Crippen molar-refractivity contribution in [3.63, 3.8) is 0 Å². The van der Waals surface area contributed by atoms with Crippen LogP contribution in [0.25, 0.3) is 16.5 Å². The first-order valence-electron chi connectivity index (χ1n) is 9.82. The summed E-state index contributed by atoms with van der Waals surface area (Å²) in [5.41, 5.74) is 0.851. The Morgan fingerprint density at radius 2 is 1.50 bits per heavy atom. The van der Waals surface area contributed by atoms with E-state index in [9.17, 15) is 14.4 Å². The molecule has 0 aliphatic rings. The maximum atomic E-state index is 13.3. The van der Waals surface area contributed by atoms with Crippen LogP contribution >= 0.6 is 11.8 Å². The second-order valence-electron chi connectivity index (χ2n) is 7.16. The molecule has 0 radical (unpaired) electrons. The summed E-state index contributed by atoms with van der Waals surface area (Å²) in [5, 5.41) is 7.94. The zero-order chi connectivity index (χ0) is 22.7. The van der Waals surface area contributed by atoms with Gasteiger partial charge in [-0.3, -0.25) is 14.4 Å². The van der Waals surface area contributed by atoms with E-state index in [2.05, 4.69) is 10.4 Å². The molecule has 32 heavy (non-hydrogen) atoms. The molecular formula is C24H20N4O3S. The van der Waals surface area contributed by atoms with Crippen molar-refractivity contribution in [2.45, 2.75) is 4.90 Å². The molecule has 4 rings (SSSR count). The predicted molar refractivity (Wildman–Crippen MR) is 127 cm³/mol. The van der Waals surface area contributed by atoms with Crippen LogP contribution < -0.4 is 10.9 Å². The maximum Gasteiger partial charge on any atom is 0.286 e. The molecule has 0 aliphatic carbocycles. The van der Waals surface area contributed by atoms with Crippen molar-refractivity contribution in [1.29, 1.82) is 0 Å². The van der Waals surface area contributed by atoms with Crippen molar-refractivity contribution in [2.24, 2.45) is 0 Å². The number of para-hydroxylation sites is 2. The van der Waals surface area contributed by atoms with E-state index in [1.165, 1.54) is 9.58 Å². The average molecular weight is 445 g/mol. The average Bonchev–Trinajstić information content (AvgIpc) is 2.81. The molecule has 0 atom stereocenters. The Morgan fingerprint density at radius 3 is 2.22 bits per heavy atom. The Labute approximate surface area is 188 Å². The number of carbonyl (C=O) groups is 2. The third kappa shape index (κ3) is 4.26. The highest BCUT2D eigenvalue weighted by molar-refractivity contribution is 8.13. The highest BCUT2D eigenvalue weighted by atomic mass is 32.2. The van der Waals surface area contributed by atoms with Gasteiger partial charge in [0.1, 0.15) is 0 Å². The van der Waals surface area contributed by atoms with Crippen LogP contribution in [-0.2, 0) is 0 Å². The topological polar surface area (TPSA) is 84.3 Å². The largest absolute Gasteiger partial charge is 0.339 e. The van der Waals surface area contributed by atoms with E-state index >= 15 is 0 Å². The Bertz CT molecular complexity index is 1370. The number of rotatable bonds is 4. The monoisotopic (exact) mass is 444 g/mol. The second-order valence-corrected chi connectivity index (χ2v) is 8.15. The third-order valence-electron chi connectivity index (χ3n) is 4.72. The minimum absolute atomic E-state index is 0.114. The van der Waals surface area contributed by atoms with Gasteiger partial charge in [-0.2, -0.15) is 9.78 Å². The van der Waals surface area contributed by atoms with E-state index in [0.717, 1.165) is 11.8 Å². The summed E-state index contributed by atoms with van der Waals surface area (Å²) in [6.45, 7) is 0. The van der Waals surface area contributed by atoms with Gasteiger partial charge in [-0.05, 0) is 42.1 Å². The number of anilines is 1. The number of hydrogen-bond donors (Lipinski definition) is 1. The van der Waals surface area contributed by atoms with Crippen LogP contribution in [0.4, 0.5) is 10.5 Å². The van der Waals surface area contributed by atoms with Crippen molar-refractivity contribution in [2.75, 3.05) is 19.4 Å². The molecule has 0 fully saturated rings. The summed E-state index contributed by atoms with van der Waals surface area (Å²) in [6.07, 6.45) is 0. The van der Waals surface area contributed by atoms with Gasteiger partial charge in [0.05, 0.1) is 16.8 Å². The molecule has 1 aromatic heterocycles. The van der Waals surface area contributed by atoms with Crippen LogP contribution in [0.15, 0.2) is 88.6 Å². The standard InChI is InChI=1S/C24H20N4O3S/c1-27(2)24(31)32-20-15-9-8-14-19(20)25-22(29)21-17-12-6-7-13-18(17)23(30)28(26-21)16-10-4-3-5-11-16/h3-15H,1-2H3,(H,25,29). The van der Waals surface area contributed by atoms with Crippen molar-refractivity contribution in [1.82, 2.24) is 14.7 Å². The number of carbonyl (C=O) groups excluding carboxylic acids is 2. The van der Waals surface area contributed by atoms with Crippen molar-refractivity contribution in [3.05, 3.63) is 94.9 Å². The van der Waals surface area contributed by atoms with Gasteiger partial charge in [0.2, 0.25) is 0 Å². The van der Waals surface area contributed by atoms with E-state index in [0.29, 0.717) is 27.0 Å². The number of hydrogen-bond acceptors (Lipinski definition) is 5. The fourth-order valence-corrected chi connectivity index (χ4v) is 3.87. The molecule has 3 aromatic carbocycles. The van der Waals surface area contributed by atoms with Crippen molar-refractivity contribution >= 4 is 39.4 Å². The molecule has 0 unspecified atom stereocenters. The molecule has 0 saturated heterocycles. The molecule has 0 aliphatic heterocycles. The molecule has 160 valence electrons. The molecule has 8 heteroatoms. The third-order valence-corrected chi connectivity index (χ3v) is 5.83. The van der Waals surface area contributed by atoms with Crippen molar-refractivity contribution in [3.8, 4) is 5.69 Å². The quantitative estimate of drug-likeness (QED) is 0.471. The Kier molecular flexibility index (Phi) is 6.04. The summed E-state index contributed by atoms with van der Waals surface area (Å²) in [4.78, 5) is 40.6. The number of fused-ring (bicyclic) bond motifs is 1. The molecule has 0 saturated carbocycles. The van der Waals surface area contributed by atoms with Crippen LogP contribution in [0.5, 0.6) is 0 Å². The van der Waals surface area contributed by atoms with Gasteiger partial charge in [0.25, 0.3) is 16.7 Å². The summed E-state index contributed by atoms with van der Waals surface area (Å²) in [6, 6.07) is 22.9. The van der Waals surface area contributed by atoms with Gasteiger partial charge in [-0.1, -0.05) is 48.5 Å². The van der Waals surface area contributed by atoms with E-state index < -0.39 is 5.91 Å². The molecule has 0 spiro atoms. The van der Waals surface area contributed by atoms with E-state index in [4.69, 9.17) is 0 Å². The number of benzene rings is 3. The Morgan fingerprint density at radius 1 is 0.875 bits per heavy atom. The highest BCUT2D eigenvalue weighted by Gasteiger charge is 2.19. The lowest BCUT2D eigenvalue weighted by Gasteiger charge is -2.14. The first kappa shape index (κ1) is 21.3. The lowest BCUT2D eigenvalue weighted by atomic mass is 10.1. The van der Waals surface area contributed by atoms with Crippen LogP contribution in [-0.4, -0.2) is 39.9 Å². The van der Waals surface area contributed by atoms with Crippen LogP contribution in [0, 0.1) is 0 Å². The number of nitrogens with one attached hydrogen (secondary N) is 1. The van der Waals surface area contributed by atoms with Gasteiger partial charge in [0, 0.05) is 24.4 Å². The number of amides is 2. The first-order chi connectivity index (χ1) is 15.5.